The monoisotopic (exact) mass is 385 g/mol. The highest BCUT2D eigenvalue weighted by Crippen LogP contribution is 2.27. The highest BCUT2D eigenvalue weighted by Gasteiger charge is 2.28. The number of rotatable bonds is 3. The molecule has 0 aliphatic heterocycles. The maximum absolute atomic E-state index is 12.6. The molecule has 1 aromatic heterocycles. The zero-order chi connectivity index (χ0) is 20.5. The quantitative estimate of drug-likeness (QED) is 0.597. The van der Waals surface area contributed by atoms with Gasteiger partial charge in [-0.1, -0.05) is 0 Å². The third-order valence-corrected chi connectivity index (χ3v) is 4.79. The van der Waals surface area contributed by atoms with Crippen molar-refractivity contribution in [1.82, 2.24) is 9.78 Å². The molecule has 0 radical (unpaired) electrons. The first-order valence-corrected chi connectivity index (χ1v) is 9.42. The Labute approximate surface area is 165 Å². The van der Waals surface area contributed by atoms with Gasteiger partial charge in [0.25, 0.3) is 0 Å². The molecule has 7 nitrogen and oxygen atoms in total. The second-order valence-electron chi connectivity index (χ2n) is 8.13. The predicted octanol–water partition coefficient (Wildman–Crippen LogP) is 3.50. The number of amides is 1. The van der Waals surface area contributed by atoms with E-state index < -0.39 is 11.7 Å². The van der Waals surface area contributed by atoms with E-state index in [-0.39, 0.29) is 11.9 Å². The fourth-order valence-corrected chi connectivity index (χ4v) is 3.22. The maximum atomic E-state index is 12.6. The highest BCUT2D eigenvalue weighted by molar-refractivity contribution is 5.87. The summed E-state index contributed by atoms with van der Waals surface area (Å²) in [5.74, 6) is 0.0502. The van der Waals surface area contributed by atoms with Crippen LogP contribution >= 0.6 is 0 Å². The number of fused-ring (bicyclic) bond motifs is 1. The number of esters is 1. The average molecular weight is 385 g/mol. The van der Waals surface area contributed by atoms with Gasteiger partial charge in [0, 0.05) is 31.9 Å². The van der Waals surface area contributed by atoms with Gasteiger partial charge in [-0.15, -0.1) is 0 Å². The van der Waals surface area contributed by atoms with Crippen LogP contribution < -0.4 is 9.64 Å². The van der Waals surface area contributed by atoms with Crippen LogP contribution in [-0.4, -0.2) is 34.5 Å². The first-order valence-electron chi connectivity index (χ1n) is 9.42. The molecule has 0 saturated carbocycles. The van der Waals surface area contributed by atoms with Gasteiger partial charge >= 0.3 is 12.1 Å². The standard InChI is InChI=1S/C21H27N3O4/c1-21(2,3)28-20(26)23(4)16-8-10-17(11-9-16)27-19(25)14-6-7-15-13-22-24(5)18(15)12-14/h8-11,13-14H,6-7,12H2,1-5H3. The van der Waals surface area contributed by atoms with Crippen LogP contribution in [0.4, 0.5) is 10.5 Å². The number of ether oxygens (including phenoxy) is 2. The van der Waals surface area contributed by atoms with E-state index in [9.17, 15) is 9.59 Å². The summed E-state index contributed by atoms with van der Waals surface area (Å²) in [6.07, 6.45) is 3.67. The number of carbonyl (C=O) groups is 2. The smallest absolute Gasteiger partial charge is 0.414 e. The van der Waals surface area contributed by atoms with E-state index >= 15 is 0 Å². The van der Waals surface area contributed by atoms with E-state index in [1.54, 1.807) is 31.3 Å². The van der Waals surface area contributed by atoms with E-state index in [4.69, 9.17) is 9.47 Å². The molecule has 1 aliphatic rings. The zero-order valence-electron chi connectivity index (χ0n) is 17.1. The van der Waals surface area contributed by atoms with Gasteiger partial charge in [0.1, 0.15) is 11.4 Å². The Morgan fingerprint density at radius 3 is 2.54 bits per heavy atom. The van der Waals surface area contributed by atoms with E-state index in [0.29, 0.717) is 17.9 Å². The molecule has 2 aromatic rings. The van der Waals surface area contributed by atoms with Crippen molar-refractivity contribution in [1.29, 1.82) is 0 Å². The molecule has 1 unspecified atom stereocenters. The molecule has 150 valence electrons. The van der Waals surface area contributed by atoms with Crippen molar-refractivity contribution in [3.05, 3.63) is 41.7 Å². The van der Waals surface area contributed by atoms with E-state index in [2.05, 4.69) is 5.10 Å². The first kappa shape index (κ1) is 19.9. The van der Waals surface area contributed by atoms with Crippen LogP contribution in [0.2, 0.25) is 0 Å². The molecule has 0 bridgehead atoms. The lowest BCUT2D eigenvalue weighted by Crippen LogP contribution is -2.34. The Morgan fingerprint density at radius 1 is 1.21 bits per heavy atom. The van der Waals surface area contributed by atoms with Crippen molar-refractivity contribution in [2.75, 3.05) is 11.9 Å². The van der Waals surface area contributed by atoms with Crippen molar-refractivity contribution in [3.8, 4) is 5.75 Å². The largest absolute Gasteiger partial charge is 0.443 e. The van der Waals surface area contributed by atoms with Gasteiger partial charge in [-0.25, -0.2) is 4.79 Å². The predicted molar refractivity (Wildman–Crippen MR) is 105 cm³/mol. The van der Waals surface area contributed by atoms with Gasteiger partial charge in [0.15, 0.2) is 0 Å². The van der Waals surface area contributed by atoms with Crippen LogP contribution in [0.1, 0.15) is 38.4 Å². The second kappa shape index (κ2) is 7.66. The van der Waals surface area contributed by atoms with Crippen LogP contribution in [0.5, 0.6) is 5.75 Å². The molecule has 1 amide bonds. The second-order valence-corrected chi connectivity index (χ2v) is 8.13. The van der Waals surface area contributed by atoms with Crippen LogP contribution in [0.25, 0.3) is 0 Å². The van der Waals surface area contributed by atoms with Crippen LogP contribution in [0, 0.1) is 5.92 Å². The molecule has 0 N–H and O–H groups in total. The number of aromatic nitrogens is 2. The van der Waals surface area contributed by atoms with Crippen molar-refractivity contribution < 1.29 is 19.1 Å². The lowest BCUT2D eigenvalue weighted by Gasteiger charge is -2.25. The van der Waals surface area contributed by atoms with E-state index in [0.717, 1.165) is 18.5 Å². The fourth-order valence-electron chi connectivity index (χ4n) is 3.22. The number of benzene rings is 1. The summed E-state index contributed by atoms with van der Waals surface area (Å²) in [5.41, 5.74) is 2.41. The molecule has 0 saturated heterocycles. The number of anilines is 1. The van der Waals surface area contributed by atoms with Gasteiger partial charge in [0.05, 0.1) is 12.1 Å². The van der Waals surface area contributed by atoms with Crippen molar-refractivity contribution in [2.45, 2.75) is 45.6 Å². The summed E-state index contributed by atoms with van der Waals surface area (Å²) in [5, 5.41) is 4.26. The number of hydrogen-bond acceptors (Lipinski definition) is 5. The molecule has 0 fully saturated rings. The van der Waals surface area contributed by atoms with Gasteiger partial charge in [0.2, 0.25) is 0 Å². The fraction of sp³-hybridized carbons (Fsp3) is 0.476. The molecule has 1 heterocycles. The summed E-state index contributed by atoms with van der Waals surface area (Å²) in [7, 11) is 3.54. The van der Waals surface area contributed by atoms with Crippen LogP contribution in [-0.2, 0) is 29.4 Å². The Kier molecular flexibility index (Phi) is 5.45. The number of aryl methyl sites for hydroxylation is 2. The minimum absolute atomic E-state index is 0.174. The Balaban J connectivity index is 1.60. The topological polar surface area (TPSA) is 73.7 Å². The molecule has 1 atom stereocenters. The SMILES string of the molecule is CN(C(=O)OC(C)(C)C)c1ccc(OC(=O)C2CCc3cnn(C)c3C2)cc1. The molecule has 1 aliphatic carbocycles. The Hall–Kier alpha value is -2.83. The minimum Gasteiger partial charge on any atom is -0.443 e. The maximum Gasteiger partial charge on any atom is 0.414 e. The first-order chi connectivity index (χ1) is 13.1. The zero-order valence-corrected chi connectivity index (χ0v) is 17.1. The number of carbonyl (C=O) groups excluding carboxylic acids is 2. The normalized spacial score (nSPS) is 16.2. The number of hydrogen-bond donors (Lipinski definition) is 0. The molecular weight excluding hydrogens is 358 g/mol. The minimum atomic E-state index is -0.561. The molecule has 28 heavy (non-hydrogen) atoms. The lowest BCUT2D eigenvalue weighted by atomic mass is 9.88. The Bertz CT molecular complexity index is 865. The van der Waals surface area contributed by atoms with Crippen molar-refractivity contribution in [3.63, 3.8) is 0 Å². The number of nitrogens with zero attached hydrogens (tertiary/aromatic N) is 3. The van der Waals surface area contributed by atoms with Crippen LogP contribution in [0.3, 0.4) is 0 Å². The van der Waals surface area contributed by atoms with Gasteiger partial charge < -0.3 is 9.47 Å². The van der Waals surface area contributed by atoms with Crippen molar-refractivity contribution in [2.24, 2.45) is 13.0 Å². The van der Waals surface area contributed by atoms with Crippen molar-refractivity contribution >= 4 is 17.7 Å². The summed E-state index contributed by atoms with van der Waals surface area (Å²) in [6, 6.07) is 6.83. The summed E-state index contributed by atoms with van der Waals surface area (Å²) >= 11 is 0. The van der Waals surface area contributed by atoms with E-state index in [1.165, 1.54) is 10.5 Å². The van der Waals surface area contributed by atoms with E-state index in [1.807, 2.05) is 38.7 Å². The summed E-state index contributed by atoms with van der Waals surface area (Å²) in [4.78, 5) is 26.1. The average Bonchev–Trinajstić information content (AvgIpc) is 3.01. The van der Waals surface area contributed by atoms with Crippen LogP contribution in [0.15, 0.2) is 30.5 Å². The highest BCUT2D eigenvalue weighted by atomic mass is 16.6. The Morgan fingerprint density at radius 2 is 1.89 bits per heavy atom. The molecule has 7 heteroatoms. The van der Waals surface area contributed by atoms with Gasteiger partial charge in [-0.05, 0) is 63.4 Å². The molecular formula is C21H27N3O4. The lowest BCUT2D eigenvalue weighted by molar-refractivity contribution is -0.139. The van der Waals surface area contributed by atoms with Gasteiger partial charge in [-0.2, -0.15) is 5.10 Å². The molecule has 0 spiro atoms. The summed E-state index contributed by atoms with van der Waals surface area (Å²) < 4.78 is 12.7. The summed E-state index contributed by atoms with van der Waals surface area (Å²) in [6.45, 7) is 5.46. The third kappa shape index (κ3) is 4.52. The third-order valence-electron chi connectivity index (χ3n) is 4.79. The molecule has 1 aromatic carbocycles. The van der Waals surface area contributed by atoms with Gasteiger partial charge in [-0.3, -0.25) is 14.4 Å². The molecule has 3 rings (SSSR count).